The van der Waals surface area contributed by atoms with Crippen molar-refractivity contribution < 1.29 is 9.53 Å². The second-order valence-electron chi connectivity index (χ2n) is 4.98. The Balaban J connectivity index is 2.08. The third kappa shape index (κ3) is 3.34. The average Bonchev–Trinajstić information content (AvgIpc) is 2.86. The second kappa shape index (κ2) is 6.80. The van der Waals surface area contributed by atoms with Gasteiger partial charge < -0.3 is 4.74 Å². The molecule has 0 unspecified atom stereocenters. The Kier molecular flexibility index (Phi) is 5.07. The van der Waals surface area contributed by atoms with Crippen molar-refractivity contribution in [3.05, 3.63) is 47.6 Å². The molecule has 0 aliphatic heterocycles. The van der Waals surface area contributed by atoms with Crippen LogP contribution < -0.4 is 4.74 Å². The number of hydrogen-bond acceptors (Lipinski definition) is 3. The van der Waals surface area contributed by atoms with Crippen LogP contribution in [0.4, 0.5) is 0 Å². The molecule has 106 valence electrons. The quantitative estimate of drug-likeness (QED) is 0.777. The highest BCUT2D eigenvalue weighted by Gasteiger charge is 2.30. The predicted molar refractivity (Wildman–Crippen MR) is 85.9 cm³/mol. The van der Waals surface area contributed by atoms with E-state index in [0.717, 1.165) is 17.7 Å². The Labute approximate surface area is 124 Å². The first-order chi connectivity index (χ1) is 9.65. The molecule has 0 aromatic heterocycles. The van der Waals surface area contributed by atoms with Gasteiger partial charge in [-0.15, -0.1) is 0 Å². The van der Waals surface area contributed by atoms with Crippen molar-refractivity contribution >= 4 is 23.0 Å². The first-order valence-corrected chi connectivity index (χ1v) is 7.95. The van der Waals surface area contributed by atoms with Crippen molar-refractivity contribution in [2.75, 3.05) is 13.4 Å². The molecule has 0 heterocycles. The van der Waals surface area contributed by atoms with Gasteiger partial charge in [0, 0.05) is 0 Å². The van der Waals surface area contributed by atoms with E-state index in [2.05, 4.69) is 25.2 Å². The third-order valence-electron chi connectivity index (χ3n) is 3.74. The van der Waals surface area contributed by atoms with Gasteiger partial charge in [-0.3, -0.25) is 4.79 Å². The fourth-order valence-electron chi connectivity index (χ4n) is 2.55. The molecule has 1 aliphatic carbocycles. The minimum Gasteiger partial charge on any atom is -0.497 e. The Bertz CT molecular complexity index is 528. The summed E-state index contributed by atoms with van der Waals surface area (Å²) in [4.78, 5) is 12.0. The molecule has 1 aromatic rings. The minimum absolute atomic E-state index is 0.0412. The fourth-order valence-corrected chi connectivity index (χ4v) is 3.16. The standard InChI is InChI=1S/C17H20O2S/c1-12-4-8-14(16(12)17(18)20-3)9-5-13-6-10-15(19-2)11-7-13/h4-7,9-11,14,16H,8H2,1-3H3/b9-5+/t14-,16-/m1/s1. The summed E-state index contributed by atoms with van der Waals surface area (Å²) < 4.78 is 5.14. The molecule has 2 rings (SSSR count). The van der Waals surface area contributed by atoms with Crippen LogP contribution in [0.5, 0.6) is 5.75 Å². The molecule has 0 bridgehead atoms. The van der Waals surface area contributed by atoms with E-state index < -0.39 is 0 Å². The summed E-state index contributed by atoms with van der Waals surface area (Å²) in [5.74, 6) is 1.19. The van der Waals surface area contributed by atoms with Crippen molar-refractivity contribution in [1.82, 2.24) is 0 Å². The summed E-state index contributed by atoms with van der Waals surface area (Å²) in [6, 6.07) is 7.94. The molecule has 0 N–H and O–H groups in total. The highest BCUT2D eigenvalue weighted by Crippen LogP contribution is 2.36. The molecule has 0 spiro atoms. The summed E-state index contributed by atoms with van der Waals surface area (Å²) in [6.07, 6.45) is 9.25. The molecule has 20 heavy (non-hydrogen) atoms. The molecule has 0 amide bonds. The molecule has 0 fully saturated rings. The minimum atomic E-state index is 0.0412. The molecule has 0 radical (unpaired) electrons. The highest BCUT2D eigenvalue weighted by molar-refractivity contribution is 8.13. The lowest BCUT2D eigenvalue weighted by atomic mass is 9.92. The highest BCUT2D eigenvalue weighted by atomic mass is 32.2. The van der Waals surface area contributed by atoms with E-state index in [1.807, 2.05) is 30.5 Å². The molecule has 3 heteroatoms. The number of benzene rings is 1. The maximum atomic E-state index is 12.0. The van der Waals surface area contributed by atoms with E-state index in [4.69, 9.17) is 4.74 Å². The van der Waals surface area contributed by atoms with Crippen LogP contribution in [0.1, 0.15) is 18.9 Å². The number of hydrogen-bond donors (Lipinski definition) is 0. The van der Waals surface area contributed by atoms with Gasteiger partial charge in [0.05, 0.1) is 13.0 Å². The Morgan fingerprint density at radius 3 is 2.65 bits per heavy atom. The first-order valence-electron chi connectivity index (χ1n) is 6.72. The van der Waals surface area contributed by atoms with Gasteiger partial charge in [0.15, 0.2) is 5.12 Å². The van der Waals surface area contributed by atoms with Crippen LogP contribution in [0.3, 0.4) is 0 Å². The van der Waals surface area contributed by atoms with Gasteiger partial charge in [-0.05, 0) is 43.2 Å². The topological polar surface area (TPSA) is 26.3 Å². The maximum absolute atomic E-state index is 12.0. The van der Waals surface area contributed by atoms with Crippen molar-refractivity contribution in [3.63, 3.8) is 0 Å². The third-order valence-corrected chi connectivity index (χ3v) is 4.39. The van der Waals surface area contributed by atoms with E-state index in [1.165, 1.54) is 17.3 Å². The molecule has 0 saturated heterocycles. The number of rotatable bonds is 4. The zero-order chi connectivity index (χ0) is 14.5. The van der Waals surface area contributed by atoms with E-state index in [-0.39, 0.29) is 17.0 Å². The van der Waals surface area contributed by atoms with Gasteiger partial charge in [0.2, 0.25) is 0 Å². The molecular weight excluding hydrogens is 268 g/mol. The van der Waals surface area contributed by atoms with Crippen LogP contribution in [-0.2, 0) is 4.79 Å². The molecule has 1 aliphatic rings. The van der Waals surface area contributed by atoms with Gasteiger partial charge >= 0.3 is 0 Å². The summed E-state index contributed by atoms with van der Waals surface area (Å²) in [6.45, 7) is 2.06. The van der Waals surface area contributed by atoms with E-state index in [9.17, 15) is 4.79 Å². The summed E-state index contributed by atoms with van der Waals surface area (Å²) >= 11 is 1.33. The van der Waals surface area contributed by atoms with Crippen molar-refractivity contribution in [2.45, 2.75) is 13.3 Å². The summed E-state index contributed by atoms with van der Waals surface area (Å²) in [5, 5.41) is 0.264. The van der Waals surface area contributed by atoms with Gasteiger partial charge in [0.1, 0.15) is 5.75 Å². The van der Waals surface area contributed by atoms with E-state index >= 15 is 0 Å². The predicted octanol–water partition coefficient (Wildman–Crippen LogP) is 4.18. The average molecular weight is 288 g/mol. The number of methoxy groups -OCH3 is 1. The van der Waals surface area contributed by atoms with Crippen LogP contribution in [0, 0.1) is 11.8 Å². The van der Waals surface area contributed by atoms with Crippen LogP contribution in [-0.4, -0.2) is 18.5 Å². The zero-order valence-electron chi connectivity index (χ0n) is 12.1. The number of allylic oxidation sites excluding steroid dienone is 3. The van der Waals surface area contributed by atoms with E-state index in [0.29, 0.717) is 0 Å². The van der Waals surface area contributed by atoms with Crippen LogP contribution in [0.2, 0.25) is 0 Å². The van der Waals surface area contributed by atoms with Crippen molar-refractivity contribution in [3.8, 4) is 5.75 Å². The monoisotopic (exact) mass is 288 g/mol. The molecule has 2 atom stereocenters. The lowest BCUT2D eigenvalue weighted by Gasteiger charge is -2.16. The maximum Gasteiger partial charge on any atom is 0.196 e. The Morgan fingerprint density at radius 1 is 1.35 bits per heavy atom. The number of ether oxygens (including phenoxy) is 1. The van der Waals surface area contributed by atoms with Gasteiger partial charge in [0.25, 0.3) is 0 Å². The molecular formula is C17H20O2S. The largest absolute Gasteiger partial charge is 0.497 e. The number of carbonyl (C=O) groups excluding carboxylic acids is 1. The SMILES string of the molecule is COc1ccc(/C=C/[C@H]2CC=C(C)[C@H]2C(=O)SC)cc1. The number of carbonyl (C=O) groups is 1. The lowest BCUT2D eigenvalue weighted by molar-refractivity contribution is -0.114. The smallest absolute Gasteiger partial charge is 0.196 e. The Hall–Kier alpha value is -1.48. The van der Waals surface area contributed by atoms with Crippen molar-refractivity contribution in [1.29, 1.82) is 0 Å². The number of thioether (sulfide) groups is 1. The van der Waals surface area contributed by atoms with Crippen LogP contribution in [0.25, 0.3) is 6.08 Å². The summed E-state index contributed by atoms with van der Waals surface area (Å²) in [5.41, 5.74) is 2.33. The van der Waals surface area contributed by atoms with Crippen LogP contribution >= 0.6 is 11.8 Å². The fraction of sp³-hybridized carbons (Fsp3) is 0.353. The normalized spacial score (nSPS) is 22.1. The van der Waals surface area contributed by atoms with Crippen molar-refractivity contribution in [2.24, 2.45) is 11.8 Å². The zero-order valence-corrected chi connectivity index (χ0v) is 12.9. The lowest BCUT2D eigenvalue weighted by Crippen LogP contribution is -2.16. The molecule has 0 saturated carbocycles. The second-order valence-corrected chi connectivity index (χ2v) is 5.79. The molecule has 2 nitrogen and oxygen atoms in total. The van der Waals surface area contributed by atoms with Crippen LogP contribution in [0.15, 0.2) is 42.0 Å². The van der Waals surface area contributed by atoms with Gasteiger partial charge in [-0.1, -0.05) is 47.7 Å². The van der Waals surface area contributed by atoms with Gasteiger partial charge in [-0.25, -0.2) is 0 Å². The van der Waals surface area contributed by atoms with E-state index in [1.54, 1.807) is 7.11 Å². The first kappa shape index (κ1) is 14.9. The molecule has 1 aromatic carbocycles. The van der Waals surface area contributed by atoms with Gasteiger partial charge in [-0.2, -0.15) is 0 Å². The summed E-state index contributed by atoms with van der Waals surface area (Å²) in [7, 11) is 1.66. The Morgan fingerprint density at radius 2 is 2.05 bits per heavy atom.